The zero-order valence-corrected chi connectivity index (χ0v) is 17.2. The minimum atomic E-state index is -1.01. The zero-order valence-electron chi connectivity index (χ0n) is 15.5. The molecule has 1 aliphatic rings. The highest BCUT2D eigenvalue weighted by Crippen LogP contribution is 2.34. The molecule has 1 aromatic rings. The van der Waals surface area contributed by atoms with Gasteiger partial charge in [0.15, 0.2) is 10.0 Å². The number of rotatable bonds is 11. The molecule has 1 heterocycles. The fourth-order valence-electron chi connectivity index (χ4n) is 3.13. The molecule has 1 aromatic heterocycles. The van der Waals surface area contributed by atoms with Crippen molar-refractivity contribution in [3.63, 3.8) is 0 Å². The molecule has 1 saturated carbocycles. The molecule has 0 spiro atoms. The van der Waals surface area contributed by atoms with Crippen molar-refractivity contribution in [1.82, 2.24) is 4.98 Å². The molecule has 3 atom stereocenters. The van der Waals surface area contributed by atoms with Gasteiger partial charge in [0.1, 0.15) is 5.78 Å². The van der Waals surface area contributed by atoms with Crippen molar-refractivity contribution < 1.29 is 19.8 Å². The predicted molar refractivity (Wildman–Crippen MR) is 109 cm³/mol. The van der Waals surface area contributed by atoms with Gasteiger partial charge in [-0.2, -0.15) is 0 Å². The number of carbonyl (C=O) groups excluding carboxylic acids is 1. The Morgan fingerprint density at radius 3 is 3.00 bits per heavy atom. The Morgan fingerprint density at radius 2 is 2.30 bits per heavy atom. The number of carboxylic acids is 1. The minimum Gasteiger partial charge on any atom is -0.476 e. The lowest BCUT2D eigenvalue weighted by molar-refractivity contribution is -0.121. The number of nitrogens with zero attached hydrogens (tertiary/aromatic N) is 1. The Bertz CT molecular complexity index is 683. The van der Waals surface area contributed by atoms with Crippen LogP contribution in [0.1, 0.15) is 55.9 Å². The number of aromatic nitrogens is 1. The lowest BCUT2D eigenvalue weighted by atomic mass is 9.92. The number of thioether (sulfide) groups is 1. The van der Waals surface area contributed by atoms with Crippen molar-refractivity contribution in [2.24, 2.45) is 11.8 Å². The van der Waals surface area contributed by atoms with E-state index in [4.69, 9.17) is 5.11 Å². The number of aliphatic hydroxyl groups is 1. The lowest BCUT2D eigenvalue weighted by Gasteiger charge is -2.14. The highest BCUT2D eigenvalue weighted by molar-refractivity contribution is 8.01. The molecule has 27 heavy (non-hydrogen) atoms. The van der Waals surface area contributed by atoms with Gasteiger partial charge in [-0.15, -0.1) is 11.3 Å². The van der Waals surface area contributed by atoms with E-state index in [0.29, 0.717) is 18.6 Å². The van der Waals surface area contributed by atoms with Gasteiger partial charge in [0.2, 0.25) is 0 Å². The van der Waals surface area contributed by atoms with Gasteiger partial charge in [-0.1, -0.05) is 49.4 Å². The molecular formula is C20H27NO4S2. The Hall–Kier alpha value is -1.44. The van der Waals surface area contributed by atoms with Crippen LogP contribution in [-0.2, 0) is 4.79 Å². The molecule has 0 saturated heterocycles. The van der Waals surface area contributed by atoms with Crippen molar-refractivity contribution in [1.29, 1.82) is 0 Å². The van der Waals surface area contributed by atoms with Gasteiger partial charge in [-0.3, -0.25) is 4.79 Å². The summed E-state index contributed by atoms with van der Waals surface area (Å²) in [6, 6.07) is 0. The Morgan fingerprint density at radius 1 is 1.48 bits per heavy atom. The Kier molecular flexibility index (Phi) is 9.24. The van der Waals surface area contributed by atoms with Gasteiger partial charge < -0.3 is 10.2 Å². The summed E-state index contributed by atoms with van der Waals surface area (Å²) in [5, 5.41) is 20.4. The monoisotopic (exact) mass is 409 g/mol. The standard InChI is InChI=1S/C20H27NO4S2/c1-2-3-4-7-15(22)8-5-6-14-9-10-18(23)16(14)11-12-26-20-21-17(13-27-20)19(24)25/h4-7,13-16,22H,2-3,8-12H2,1H3,(H,24,25). The zero-order chi connectivity index (χ0) is 19.6. The third-order valence-corrected chi connectivity index (χ3v) is 6.64. The van der Waals surface area contributed by atoms with E-state index < -0.39 is 12.1 Å². The van der Waals surface area contributed by atoms with Gasteiger partial charge in [-0.05, 0) is 31.6 Å². The first-order valence-electron chi connectivity index (χ1n) is 9.37. The van der Waals surface area contributed by atoms with Crippen LogP contribution in [-0.4, -0.2) is 38.8 Å². The minimum absolute atomic E-state index is 0.0143. The van der Waals surface area contributed by atoms with E-state index in [0.717, 1.165) is 35.8 Å². The number of hydrogen-bond acceptors (Lipinski definition) is 6. The average molecular weight is 410 g/mol. The molecule has 1 aliphatic carbocycles. The van der Waals surface area contributed by atoms with E-state index in [2.05, 4.69) is 18.0 Å². The second kappa shape index (κ2) is 11.4. The van der Waals surface area contributed by atoms with E-state index >= 15 is 0 Å². The molecule has 0 aromatic carbocycles. The van der Waals surface area contributed by atoms with Gasteiger partial charge in [-0.25, -0.2) is 9.78 Å². The molecule has 0 radical (unpaired) electrons. The number of unbranched alkanes of at least 4 members (excludes halogenated alkanes) is 1. The molecule has 0 aliphatic heterocycles. The maximum Gasteiger partial charge on any atom is 0.355 e. The summed E-state index contributed by atoms with van der Waals surface area (Å²) >= 11 is 2.83. The maximum atomic E-state index is 12.2. The largest absolute Gasteiger partial charge is 0.476 e. The van der Waals surface area contributed by atoms with Gasteiger partial charge in [0, 0.05) is 23.5 Å². The fourth-order valence-corrected chi connectivity index (χ4v) is 5.02. The molecular weight excluding hydrogens is 382 g/mol. The van der Waals surface area contributed by atoms with E-state index in [1.54, 1.807) is 0 Å². The van der Waals surface area contributed by atoms with Gasteiger partial charge in [0.25, 0.3) is 0 Å². The second-order valence-corrected chi connectivity index (χ2v) is 8.86. The number of aliphatic hydroxyl groups excluding tert-OH is 1. The molecule has 2 rings (SSSR count). The SMILES string of the molecule is CCCC=CC(O)CC=CC1CCC(=O)C1CCSc1nc(C(=O)O)cs1. The van der Waals surface area contributed by atoms with Crippen LogP contribution < -0.4 is 0 Å². The number of Topliss-reactive ketones (excluding diaryl/α,β-unsaturated/α-hetero) is 1. The summed E-state index contributed by atoms with van der Waals surface area (Å²) in [6.45, 7) is 2.10. The van der Waals surface area contributed by atoms with Crippen LogP contribution in [0, 0.1) is 11.8 Å². The van der Waals surface area contributed by atoms with E-state index in [9.17, 15) is 14.7 Å². The van der Waals surface area contributed by atoms with E-state index in [1.165, 1.54) is 28.5 Å². The first kappa shape index (κ1) is 21.9. The van der Waals surface area contributed by atoms with Gasteiger partial charge in [0.05, 0.1) is 6.10 Å². The lowest BCUT2D eigenvalue weighted by Crippen LogP contribution is -2.14. The highest BCUT2D eigenvalue weighted by atomic mass is 32.2. The second-order valence-electron chi connectivity index (χ2n) is 6.66. The predicted octanol–water partition coefficient (Wildman–Crippen LogP) is 4.58. The number of carboxylic acid groups (broad SMARTS) is 1. The van der Waals surface area contributed by atoms with E-state index in [-0.39, 0.29) is 17.5 Å². The van der Waals surface area contributed by atoms with Crippen LogP contribution in [0.25, 0.3) is 0 Å². The molecule has 5 nitrogen and oxygen atoms in total. The number of ketones is 1. The third-order valence-electron chi connectivity index (χ3n) is 4.59. The van der Waals surface area contributed by atoms with Crippen LogP contribution in [0.15, 0.2) is 34.0 Å². The Labute approximate surface area is 168 Å². The first-order chi connectivity index (χ1) is 13.0. The fraction of sp³-hybridized carbons (Fsp3) is 0.550. The van der Waals surface area contributed by atoms with Crippen molar-refractivity contribution in [2.75, 3.05) is 5.75 Å². The van der Waals surface area contributed by atoms with Crippen molar-refractivity contribution >= 4 is 34.9 Å². The molecule has 3 unspecified atom stereocenters. The number of aromatic carboxylic acids is 1. The topological polar surface area (TPSA) is 87.5 Å². The van der Waals surface area contributed by atoms with Gasteiger partial charge >= 0.3 is 5.97 Å². The molecule has 2 N–H and O–H groups in total. The van der Waals surface area contributed by atoms with Crippen LogP contribution in [0.3, 0.4) is 0 Å². The normalized spacial score (nSPS) is 21.5. The van der Waals surface area contributed by atoms with Crippen LogP contribution in [0.2, 0.25) is 0 Å². The van der Waals surface area contributed by atoms with Crippen LogP contribution in [0.4, 0.5) is 0 Å². The quantitative estimate of drug-likeness (QED) is 0.411. The number of hydrogen-bond donors (Lipinski definition) is 2. The smallest absolute Gasteiger partial charge is 0.355 e. The molecule has 0 bridgehead atoms. The van der Waals surface area contributed by atoms with Crippen LogP contribution in [0.5, 0.6) is 0 Å². The number of allylic oxidation sites excluding steroid dienone is 2. The number of carbonyl (C=O) groups is 2. The summed E-state index contributed by atoms with van der Waals surface area (Å²) in [4.78, 5) is 27.1. The van der Waals surface area contributed by atoms with E-state index in [1.807, 2.05) is 18.2 Å². The summed E-state index contributed by atoms with van der Waals surface area (Å²) in [5.74, 6) is 0.284. The Balaban J connectivity index is 1.79. The third kappa shape index (κ3) is 7.24. The summed E-state index contributed by atoms with van der Waals surface area (Å²) in [6.07, 6.45) is 12.3. The van der Waals surface area contributed by atoms with Crippen molar-refractivity contribution in [3.05, 3.63) is 35.4 Å². The molecule has 0 amide bonds. The highest BCUT2D eigenvalue weighted by Gasteiger charge is 2.32. The molecule has 1 fully saturated rings. The average Bonchev–Trinajstić information content (AvgIpc) is 3.24. The molecule has 7 heteroatoms. The molecule has 148 valence electrons. The maximum absolute atomic E-state index is 12.2. The summed E-state index contributed by atoms with van der Waals surface area (Å²) < 4.78 is 0.729. The van der Waals surface area contributed by atoms with Crippen molar-refractivity contribution in [2.45, 2.75) is 55.9 Å². The van der Waals surface area contributed by atoms with Crippen LogP contribution >= 0.6 is 23.1 Å². The number of thiazole rings is 1. The first-order valence-corrected chi connectivity index (χ1v) is 11.2. The van der Waals surface area contributed by atoms with Crippen molar-refractivity contribution in [3.8, 4) is 0 Å². The summed E-state index contributed by atoms with van der Waals surface area (Å²) in [5.41, 5.74) is 0.0757. The summed E-state index contributed by atoms with van der Waals surface area (Å²) in [7, 11) is 0.